The van der Waals surface area contributed by atoms with Crippen LogP contribution in [0.15, 0.2) is 12.1 Å². The second kappa shape index (κ2) is 7.21. The molecule has 0 bridgehead atoms. The lowest BCUT2D eigenvalue weighted by Gasteiger charge is -2.36. The Morgan fingerprint density at radius 1 is 1.11 bits per heavy atom. The highest BCUT2D eigenvalue weighted by molar-refractivity contribution is 6.31. The number of anilines is 3. The van der Waals surface area contributed by atoms with Gasteiger partial charge < -0.3 is 20.4 Å². The van der Waals surface area contributed by atoms with E-state index >= 15 is 0 Å². The maximum atomic E-state index is 14.3. The summed E-state index contributed by atoms with van der Waals surface area (Å²) in [5.41, 5.74) is 4.40. The van der Waals surface area contributed by atoms with Gasteiger partial charge in [0.25, 0.3) is 0 Å². The highest BCUT2D eigenvalue weighted by atomic mass is 35.5. The molecular formula is C20H26ClFN6. The number of fused-ring (bicyclic) bond motifs is 2. The number of likely N-dealkylation sites (N-methyl/N-ethyl adjacent to an activating group) is 1. The van der Waals surface area contributed by atoms with E-state index < -0.39 is 0 Å². The normalized spacial score (nSPS) is 20.2. The number of nitrogens with one attached hydrogen (secondary N) is 2. The molecule has 1 saturated heterocycles. The number of aromatic nitrogens is 2. The van der Waals surface area contributed by atoms with E-state index in [1.807, 2.05) is 7.05 Å². The molecule has 1 aromatic carbocycles. The van der Waals surface area contributed by atoms with Gasteiger partial charge in [-0.1, -0.05) is 11.6 Å². The van der Waals surface area contributed by atoms with Crippen LogP contribution in [0.4, 0.5) is 21.6 Å². The monoisotopic (exact) mass is 404 g/mol. The largest absolute Gasteiger partial charge is 0.371 e. The standard InChI is InChI=1S/C20H26ClFN6/c1-26-8-9-27(19-11-16(22)15(21)10-18(19)26)20-14-12-24-7-4-17(14)28(25-20)13-2-5-23-6-3-13/h10-11,13,23-24H,2-9,12H2,1H3. The number of halogens is 2. The summed E-state index contributed by atoms with van der Waals surface area (Å²) in [5, 5.41) is 12.2. The third-order valence-electron chi connectivity index (χ3n) is 6.23. The van der Waals surface area contributed by atoms with Crippen molar-refractivity contribution >= 4 is 28.8 Å². The average molecular weight is 405 g/mol. The molecule has 0 atom stereocenters. The number of piperidine rings is 1. The molecule has 6 nitrogen and oxygen atoms in total. The molecule has 0 aliphatic carbocycles. The molecule has 0 unspecified atom stereocenters. The van der Waals surface area contributed by atoms with Crippen molar-refractivity contribution in [3.8, 4) is 0 Å². The van der Waals surface area contributed by atoms with Crippen molar-refractivity contribution in [1.29, 1.82) is 0 Å². The SMILES string of the molecule is CN1CCN(c2nn(C3CCNCC3)c3c2CNCC3)c2cc(F)c(Cl)cc21. The van der Waals surface area contributed by atoms with Crippen LogP contribution >= 0.6 is 11.6 Å². The van der Waals surface area contributed by atoms with Gasteiger partial charge in [-0.25, -0.2) is 4.39 Å². The van der Waals surface area contributed by atoms with Gasteiger partial charge in [0.15, 0.2) is 5.82 Å². The number of hydrogen-bond donors (Lipinski definition) is 2. The molecule has 5 rings (SSSR count). The molecule has 3 aliphatic rings. The number of hydrogen-bond acceptors (Lipinski definition) is 5. The van der Waals surface area contributed by atoms with Crippen molar-refractivity contribution in [3.05, 3.63) is 34.2 Å². The van der Waals surface area contributed by atoms with Gasteiger partial charge in [-0.3, -0.25) is 4.68 Å². The molecule has 28 heavy (non-hydrogen) atoms. The van der Waals surface area contributed by atoms with Gasteiger partial charge in [0.2, 0.25) is 0 Å². The summed E-state index contributed by atoms with van der Waals surface area (Å²) in [4.78, 5) is 4.31. The summed E-state index contributed by atoms with van der Waals surface area (Å²) in [7, 11) is 2.02. The fraction of sp³-hybridized carbons (Fsp3) is 0.550. The predicted octanol–water partition coefficient (Wildman–Crippen LogP) is 2.83. The summed E-state index contributed by atoms with van der Waals surface area (Å²) in [5.74, 6) is 0.585. The van der Waals surface area contributed by atoms with Gasteiger partial charge in [0, 0.05) is 57.0 Å². The first kappa shape index (κ1) is 18.2. The molecule has 1 aromatic heterocycles. The lowest BCUT2D eigenvalue weighted by Crippen LogP contribution is -2.37. The Labute approximate surface area is 169 Å². The summed E-state index contributed by atoms with van der Waals surface area (Å²) < 4.78 is 16.6. The number of benzene rings is 1. The van der Waals surface area contributed by atoms with Crippen LogP contribution in [-0.4, -0.2) is 49.6 Å². The van der Waals surface area contributed by atoms with Crippen LogP contribution < -0.4 is 20.4 Å². The van der Waals surface area contributed by atoms with Gasteiger partial charge in [0.05, 0.1) is 22.4 Å². The molecule has 0 radical (unpaired) electrons. The molecule has 1 fully saturated rings. The zero-order chi connectivity index (χ0) is 19.3. The zero-order valence-electron chi connectivity index (χ0n) is 16.1. The maximum Gasteiger partial charge on any atom is 0.159 e. The van der Waals surface area contributed by atoms with E-state index in [2.05, 4.69) is 25.1 Å². The van der Waals surface area contributed by atoms with E-state index in [1.54, 1.807) is 12.1 Å². The zero-order valence-corrected chi connectivity index (χ0v) is 16.9. The Morgan fingerprint density at radius 3 is 2.75 bits per heavy atom. The van der Waals surface area contributed by atoms with Crippen molar-refractivity contribution in [2.75, 3.05) is 49.6 Å². The Hall–Kier alpha value is -1.83. The quantitative estimate of drug-likeness (QED) is 0.806. The predicted molar refractivity (Wildman–Crippen MR) is 110 cm³/mol. The van der Waals surface area contributed by atoms with E-state index in [9.17, 15) is 4.39 Å². The van der Waals surface area contributed by atoms with E-state index in [1.165, 1.54) is 11.3 Å². The van der Waals surface area contributed by atoms with Crippen LogP contribution in [0.3, 0.4) is 0 Å². The van der Waals surface area contributed by atoms with Crippen LogP contribution in [0.5, 0.6) is 0 Å². The summed E-state index contributed by atoms with van der Waals surface area (Å²) in [6, 6.07) is 3.72. The van der Waals surface area contributed by atoms with Gasteiger partial charge in [-0.15, -0.1) is 0 Å². The fourth-order valence-electron chi connectivity index (χ4n) is 4.69. The van der Waals surface area contributed by atoms with E-state index in [0.29, 0.717) is 6.04 Å². The summed E-state index contributed by atoms with van der Waals surface area (Å²) >= 11 is 6.07. The highest BCUT2D eigenvalue weighted by Crippen LogP contribution is 2.42. The van der Waals surface area contributed by atoms with Crippen LogP contribution in [0.1, 0.15) is 30.1 Å². The number of nitrogens with zero attached hydrogens (tertiary/aromatic N) is 4. The first-order valence-corrected chi connectivity index (χ1v) is 10.5. The Morgan fingerprint density at radius 2 is 1.93 bits per heavy atom. The summed E-state index contributed by atoms with van der Waals surface area (Å²) in [6.07, 6.45) is 3.19. The second-order valence-electron chi connectivity index (χ2n) is 7.93. The average Bonchev–Trinajstić information content (AvgIpc) is 3.10. The molecule has 3 aliphatic heterocycles. The minimum Gasteiger partial charge on any atom is -0.371 e. The molecule has 150 valence electrons. The topological polar surface area (TPSA) is 48.4 Å². The third kappa shape index (κ3) is 2.96. The van der Waals surface area contributed by atoms with Gasteiger partial charge >= 0.3 is 0 Å². The maximum absolute atomic E-state index is 14.3. The molecular weight excluding hydrogens is 379 g/mol. The summed E-state index contributed by atoms with van der Waals surface area (Å²) in [6.45, 7) is 5.49. The molecule has 0 spiro atoms. The minimum atomic E-state index is -0.384. The Balaban J connectivity index is 1.61. The minimum absolute atomic E-state index is 0.163. The molecule has 0 saturated carbocycles. The van der Waals surface area contributed by atoms with E-state index in [4.69, 9.17) is 16.7 Å². The Bertz CT molecular complexity index is 891. The van der Waals surface area contributed by atoms with Crippen LogP contribution in [-0.2, 0) is 13.0 Å². The highest BCUT2D eigenvalue weighted by Gasteiger charge is 2.32. The van der Waals surface area contributed by atoms with Gasteiger partial charge in [-0.05, 0) is 32.0 Å². The number of rotatable bonds is 2. The van der Waals surface area contributed by atoms with Crippen molar-refractivity contribution in [3.63, 3.8) is 0 Å². The fourth-order valence-corrected chi connectivity index (χ4v) is 4.84. The lowest BCUT2D eigenvalue weighted by atomic mass is 10.0. The van der Waals surface area contributed by atoms with Crippen molar-refractivity contribution in [1.82, 2.24) is 20.4 Å². The van der Waals surface area contributed by atoms with Crippen LogP contribution in [0.25, 0.3) is 0 Å². The van der Waals surface area contributed by atoms with Crippen LogP contribution in [0.2, 0.25) is 5.02 Å². The molecule has 0 amide bonds. The molecule has 2 aromatic rings. The van der Waals surface area contributed by atoms with Crippen LogP contribution in [0, 0.1) is 5.82 Å². The van der Waals surface area contributed by atoms with Crippen molar-refractivity contribution in [2.24, 2.45) is 0 Å². The molecule has 8 heteroatoms. The molecule has 4 heterocycles. The first-order valence-electron chi connectivity index (χ1n) is 10.1. The van der Waals surface area contributed by atoms with Gasteiger partial charge in [-0.2, -0.15) is 5.10 Å². The second-order valence-corrected chi connectivity index (χ2v) is 8.34. The smallest absolute Gasteiger partial charge is 0.159 e. The first-order chi connectivity index (χ1) is 13.6. The van der Waals surface area contributed by atoms with E-state index in [0.717, 1.165) is 75.7 Å². The van der Waals surface area contributed by atoms with Crippen molar-refractivity contribution in [2.45, 2.75) is 31.8 Å². The van der Waals surface area contributed by atoms with Gasteiger partial charge in [0.1, 0.15) is 5.82 Å². The lowest BCUT2D eigenvalue weighted by molar-refractivity contribution is 0.333. The molecule has 2 N–H and O–H groups in total. The Kier molecular flexibility index (Phi) is 4.69. The van der Waals surface area contributed by atoms with Crippen molar-refractivity contribution < 1.29 is 4.39 Å². The van der Waals surface area contributed by atoms with E-state index in [-0.39, 0.29) is 10.8 Å². The third-order valence-corrected chi connectivity index (χ3v) is 6.52.